The van der Waals surface area contributed by atoms with Crippen molar-refractivity contribution in [1.82, 2.24) is 4.72 Å². The third-order valence-corrected chi connectivity index (χ3v) is 4.06. The van der Waals surface area contributed by atoms with Gasteiger partial charge in [0.1, 0.15) is 5.82 Å². The molecule has 0 aliphatic carbocycles. The Labute approximate surface area is 102 Å². The van der Waals surface area contributed by atoms with Crippen LogP contribution in [0.1, 0.15) is 6.92 Å². The fourth-order valence-corrected chi connectivity index (χ4v) is 2.51. The Morgan fingerprint density at radius 3 is 2.69 bits per heavy atom. The summed E-state index contributed by atoms with van der Waals surface area (Å²) in [5.41, 5.74) is 0. The second-order valence-electron chi connectivity index (χ2n) is 3.28. The summed E-state index contributed by atoms with van der Waals surface area (Å²) in [7, 11) is -3.78. The summed E-state index contributed by atoms with van der Waals surface area (Å²) in [5.74, 6) is -0.653. The van der Waals surface area contributed by atoms with E-state index >= 15 is 0 Å². The molecule has 0 bridgehead atoms. The molecule has 0 amide bonds. The first-order chi connectivity index (χ1) is 7.36. The van der Waals surface area contributed by atoms with Gasteiger partial charge < -0.3 is 5.11 Å². The average Bonchev–Trinajstić information content (AvgIpc) is 2.21. The number of halogens is 2. The molecular weight excluding hydrogens is 301 g/mol. The van der Waals surface area contributed by atoms with Crippen LogP contribution >= 0.6 is 15.9 Å². The van der Waals surface area contributed by atoms with Crippen molar-refractivity contribution < 1.29 is 17.9 Å². The Balaban J connectivity index is 3.03. The summed E-state index contributed by atoms with van der Waals surface area (Å²) in [6.45, 7) is 1.19. The number of hydrogen-bond acceptors (Lipinski definition) is 3. The zero-order chi connectivity index (χ0) is 12.3. The lowest BCUT2D eigenvalue weighted by atomic mass is 10.3. The molecule has 1 atom stereocenters. The van der Waals surface area contributed by atoms with Gasteiger partial charge in [-0.15, -0.1) is 0 Å². The standard InChI is InChI=1S/C9H11BrFNO3S/c1-6(5-13)12-16(14,15)7-2-3-8(10)9(11)4-7/h2-4,6,12-13H,5H2,1H3/t6-/m0/s1. The number of aliphatic hydroxyl groups excluding tert-OH is 1. The Kier molecular flexibility index (Phi) is 4.43. The van der Waals surface area contributed by atoms with Crippen molar-refractivity contribution in [3.05, 3.63) is 28.5 Å². The minimum Gasteiger partial charge on any atom is -0.395 e. The number of nitrogens with one attached hydrogen (secondary N) is 1. The van der Waals surface area contributed by atoms with Gasteiger partial charge in [0.05, 0.1) is 16.0 Å². The maximum atomic E-state index is 13.1. The highest BCUT2D eigenvalue weighted by atomic mass is 79.9. The smallest absolute Gasteiger partial charge is 0.240 e. The van der Waals surface area contributed by atoms with E-state index in [0.717, 1.165) is 6.07 Å². The van der Waals surface area contributed by atoms with Gasteiger partial charge in [-0.05, 0) is 41.1 Å². The van der Waals surface area contributed by atoms with Crippen LogP contribution in [-0.2, 0) is 10.0 Å². The maximum Gasteiger partial charge on any atom is 0.240 e. The van der Waals surface area contributed by atoms with E-state index in [9.17, 15) is 12.8 Å². The molecule has 0 aliphatic heterocycles. The number of aliphatic hydroxyl groups is 1. The molecule has 16 heavy (non-hydrogen) atoms. The van der Waals surface area contributed by atoms with Crippen molar-refractivity contribution in [2.24, 2.45) is 0 Å². The molecule has 4 nitrogen and oxygen atoms in total. The summed E-state index contributed by atoms with van der Waals surface area (Å²) in [6, 6.07) is 2.89. The molecule has 2 N–H and O–H groups in total. The number of hydrogen-bond donors (Lipinski definition) is 2. The monoisotopic (exact) mass is 311 g/mol. The molecule has 7 heteroatoms. The predicted molar refractivity (Wildman–Crippen MR) is 61.0 cm³/mol. The molecule has 0 fully saturated rings. The summed E-state index contributed by atoms with van der Waals surface area (Å²) in [6.07, 6.45) is 0. The van der Waals surface area contributed by atoms with Crippen molar-refractivity contribution in [2.45, 2.75) is 17.9 Å². The van der Waals surface area contributed by atoms with Crippen molar-refractivity contribution in [1.29, 1.82) is 0 Å². The molecule has 1 aromatic rings. The van der Waals surface area contributed by atoms with E-state index in [2.05, 4.69) is 20.7 Å². The highest BCUT2D eigenvalue weighted by molar-refractivity contribution is 9.10. The van der Waals surface area contributed by atoms with Gasteiger partial charge in [-0.2, -0.15) is 0 Å². The van der Waals surface area contributed by atoms with E-state index < -0.39 is 21.9 Å². The third-order valence-electron chi connectivity index (χ3n) is 1.83. The van der Waals surface area contributed by atoms with E-state index in [-0.39, 0.29) is 16.0 Å². The van der Waals surface area contributed by atoms with Gasteiger partial charge in [-0.3, -0.25) is 0 Å². The molecule has 0 radical (unpaired) electrons. The lowest BCUT2D eigenvalue weighted by Crippen LogP contribution is -2.35. The fourth-order valence-electron chi connectivity index (χ4n) is 1.01. The average molecular weight is 312 g/mol. The first-order valence-electron chi connectivity index (χ1n) is 4.45. The first-order valence-corrected chi connectivity index (χ1v) is 6.72. The molecule has 1 rings (SSSR count). The summed E-state index contributed by atoms with van der Waals surface area (Å²) >= 11 is 2.93. The Bertz CT molecular complexity index is 478. The van der Waals surface area contributed by atoms with Crippen LogP contribution in [0.5, 0.6) is 0 Å². The molecule has 0 saturated heterocycles. The quantitative estimate of drug-likeness (QED) is 0.879. The van der Waals surface area contributed by atoms with Gasteiger partial charge in [0.15, 0.2) is 0 Å². The third kappa shape index (κ3) is 3.24. The van der Waals surface area contributed by atoms with Crippen molar-refractivity contribution in [3.63, 3.8) is 0 Å². The normalized spacial score (nSPS) is 13.8. The van der Waals surface area contributed by atoms with E-state index in [1.807, 2.05) is 0 Å². The molecule has 0 aromatic heterocycles. The van der Waals surface area contributed by atoms with Crippen LogP contribution in [-0.4, -0.2) is 26.2 Å². The van der Waals surface area contributed by atoms with E-state index in [4.69, 9.17) is 5.11 Å². The van der Waals surface area contributed by atoms with Crippen LogP contribution < -0.4 is 4.72 Å². The largest absolute Gasteiger partial charge is 0.395 e. The first kappa shape index (κ1) is 13.6. The van der Waals surface area contributed by atoms with Crippen molar-refractivity contribution in [2.75, 3.05) is 6.61 Å². The predicted octanol–water partition coefficient (Wildman–Crippen LogP) is 1.25. The Morgan fingerprint density at radius 2 is 2.19 bits per heavy atom. The molecule has 0 aliphatic rings. The fraction of sp³-hybridized carbons (Fsp3) is 0.333. The lowest BCUT2D eigenvalue weighted by Gasteiger charge is -2.11. The van der Waals surface area contributed by atoms with Crippen LogP contribution in [0.2, 0.25) is 0 Å². The molecule has 0 unspecified atom stereocenters. The zero-order valence-corrected chi connectivity index (χ0v) is 10.8. The number of rotatable bonds is 4. The van der Waals surface area contributed by atoms with Gasteiger partial charge in [-0.25, -0.2) is 17.5 Å². The van der Waals surface area contributed by atoms with Gasteiger partial charge >= 0.3 is 0 Å². The number of sulfonamides is 1. The van der Waals surface area contributed by atoms with Crippen molar-refractivity contribution >= 4 is 26.0 Å². The highest BCUT2D eigenvalue weighted by Crippen LogP contribution is 2.19. The van der Waals surface area contributed by atoms with Crippen LogP contribution in [0, 0.1) is 5.82 Å². The molecule has 0 heterocycles. The molecular formula is C9H11BrFNO3S. The van der Waals surface area contributed by atoms with Gasteiger partial charge in [0.2, 0.25) is 10.0 Å². The zero-order valence-electron chi connectivity index (χ0n) is 8.44. The maximum absolute atomic E-state index is 13.1. The summed E-state index contributed by atoms with van der Waals surface area (Å²) in [5, 5.41) is 8.74. The minimum atomic E-state index is -3.78. The van der Waals surface area contributed by atoms with E-state index in [1.54, 1.807) is 0 Å². The second-order valence-corrected chi connectivity index (χ2v) is 5.85. The lowest BCUT2D eigenvalue weighted by molar-refractivity contribution is 0.265. The van der Waals surface area contributed by atoms with Crippen LogP contribution in [0.15, 0.2) is 27.6 Å². The topological polar surface area (TPSA) is 66.4 Å². The molecule has 1 aromatic carbocycles. The van der Waals surface area contributed by atoms with E-state index in [1.165, 1.54) is 19.1 Å². The molecule has 0 spiro atoms. The van der Waals surface area contributed by atoms with Crippen LogP contribution in [0.4, 0.5) is 4.39 Å². The van der Waals surface area contributed by atoms with Gasteiger partial charge in [-0.1, -0.05) is 0 Å². The SMILES string of the molecule is C[C@@H](CO)NS(=O)(=O)c1ccc(Br)c(F)c1. The number of benzene rings is 1. The van der Waals surface area contributed by atoms with Gasteiger partial charge in [0.25, 0.3) is 0 Å². The van der Waals surface area contributed by atoms with Crippen LogP contribution in [0.3, 0.4) is 0 Å². The minimum absolute atomic E-state index is 0.173. The summed E-state index contributed by atoms with van der Waals surface area (Å²) in [4.78, 5) is -0.173. The second kappa shape index (κ2) is 5.22. The Morgan fingerprint density at radius 1 is 1.56 bits per heavy atom. The Hall–Kier alpha value is -0.500. The summed E-state index contributed by atoms with van der Waals surface area (Å²) < 4.78 is 38.9. The highest BCUT2D eigenvalue weighted by Gasteiger charge is 2.18. The molecule has 0 saturated carbocycles. The molecule has 90 valence electrons. The van der Waals surface area contributed by atoms with Crippen LogP contribution in [0.25, 0.3) is 0 Å². The van der Waals surface area contributed by atoms with Crippen molar-refractivity contribution in [3.8, 4) is 0 Å². The van der Waals surface area contributed by atoms with Gasteiger partial charge in [0, 0.05) is 6.04 Å². The van der Waals surface area contributed by atoms with E-state index in [0.29, 0.717) is 0 Å².